The molecule has 0 atom stereocenters. The number of aromatic nitrogens is 3. The normalized spacial score (nSPS) is 11.0. The fourth-order valence-electron chi connectivity index (χ4n) is 3.52. The highest BCUT2D eigenvalue weighted by Gasteiger charge is 2.20. The van der Waals surface area contributed by atoms with E-state index in [1.54, 1.807) is 34.9 Å². The molecule has 0 aliphatic rings. The van der Waals surface area contributed by atoms with E-state index in [2.05, 4.69) is 16.0 Å². The van der Waals surface area contributed by atoms with Crippen molar-refractivity contribution in [2.45, 2.75) is 6.61 Å². The Morgan fingerprint density at radius 3 is 2.69 bits per heavy atom. The number of thiazole rings is 1. The van der Waals surface area contributed by atoms with Crippen molar-refractivity contribution in [3.63, 3.8) is 0 Å². The maximum absolute atomic E-state index is 12.9. The second-order valence-corrected chi connectivity index (χ2v) is 8.21. The van der Waals surface area contributed by atoms with Crippen LogP contribution in [0.5, 0.6) is 5.75 Å². The zero-order chi connectivity index (χ0) is 22.2. The largest absolute Gasteiger partial charge is 0.489 e. The van der Waals surface area contributed by atoms with E-state index < -0.39 is 5.56 Å². The van der Waals surface area contributed by atoms with Crippen molar-refractivity contribution in [2.24, 2.45) is 0 Å². The first-order valence-electron chi connectivity index (χ1n) is 9.52. The molecule has 5 rings (SSSR count). The van der Waals surface area contributed by atoms with Crippen molar-refractivity contribution in [3.8, 4) is 22.9 Å². The molecule has 0 amide bonds. The molecule has 2 aromatic carbocycles. The third-order valence-electron chi connectivity index (χ3n) is 5.04. The predicted octanol–water partition coefficient (Wildman–Crippen LogP) is 4.66. The standard InChI is InChI=1S/C23H14ClN5O2S/c24-17-4-2-1-3-14(17)12-31-15-7-5-13(6-8-15)18-16(11-25)20(26)27-21-19(18)22(30)28-23-29(21)9-10-32-23/h1-10H,12H2,(H2,26,27). The quantitative estimate of drug-likeness (QED) is 0.419. The third kappa shape index (κ3) is 3.34. The molecule has 0 saturated carbocycles. The molecular weight excluding hydrogens is 446 g/mol. The van der Waals surface area contributed by atoms with E-state index in [9.17, 15) is 10.1 Å². The lowest BCUT2D eigenvalue weighted by Gasteiger charge is -2.12. The summed E-state index contributed by atoms with van der Waals surface area (Å²) in [6.07, 6.45) is 1.77. The molecule has 32 heavy (non-hydrogen) atoms. The second kappa shape index (κ2) is 7.96. The van der Waals surface area contributed by atoms with E-state index in [0.717, 1.165) is 5.56 Å². The Labute approximate surface area is 190 Å². The Morgan fingerprint density at radius 1 is 1.16 bits per heavy atom. The van der Waals surface area contributed by atoms with Crippen LogP contribution < -0.4 is 16.0 Å². The number of nitrogens with two attached hydrogens (primary N) is 1. The Kier molecular flexibility index (Phi) is 4.98. The smallest absolute Gasteiger partial charge is 0.284 e. The number of ether oxygens (including phenoxy) is 1. The summed E-state index contributed by atoms with van der Waals surface area (Å²) in [7, 11) is 0. The lowest BCUT2D eigenvalue weighted by Crippen LogP contribution is -2.13. The number of hydrogen-bond donors (Lipinski definition) is 1. The van der Waals surface area contributed by atoms with Gasteiger partial charge >= 0.3 is 0 Å². The van der Waals surface area contributed by atoms with Gasteiger partial charge in [0.15, 0.2) is 10.6 Å². The Bertz CT molecular complexity index is 1590. The van der Waals surface area contributed by atoms with Gasteiger partial charge in [0.2, 0.25) is 0 Å². The van der Waals surface area contributed by atoms with Crippen LogP contribution in [0.2, 0.25) is 5.02 Å². The Balaban J connectivity index is 1.60. The number of fused-ring (bicyclic) bond motifs is 3. The first-order chi connectivity index (χ1) is 15.6. The second-order valence-electron chi connectivity index (χ2n) is 6.93. The van der Waals surface area contributed by atoms with Gasteiger partial charge in [-0.1, -0.05) is 41.9 Å². The molecule has 5 aromatic rings. The van der Waals surface area contributed by atoms with Gasteiger partial charge < -0.3 is 10.5 Å². The van der Waals surface area contributed by atoms with Crippen LogP contribution in [0.4, 0.5) is 5.82 Å². The van der Waals surface area contributed by atoms with E-state index in [-0.39, 0.29) is 16.8 Å². The molecule has 0 aliphatic carbocycles. The molecule has 7 nitrogen and oxygen atoms in total. The van der Waals surface area contributed by atoms with Gasteiger partial charge in [0.25, 0.3) is 5.56 Å². The van der Waals surface area contributed by atoms with Crippen LogP contribution in [0.3, 0.4) is 0 Å². The van der Waals surface area contributed by atoms with Crippen molar-refractivity contribution in [1.29, 1.82) is 5.26 Å². The van der Waals surface area contributed by atoms with Crippen LogP contribution in [0, 0.1) is 11.3 Å². The maximum Gasteiger partial charge on any atom is 0.284 e. The SMILES string of the molecule is N#Cc1c(N)nc2c(c1-c1ccc(OCc3ccccc3Cl)cc1)c(=O)nc1sccn12. The molecule has 0 spiro atoms. The van der Waals surface area contributed by atoms with Crippen LogP contribution in [0.1, 0.15) is 11.1 Å². The predicted molar refractivity (Wildman–Crippen MR) is 125 cm³/mol. The first kappa shape index (κ1) is 20.0. The number of nitrogens with zero attached hydrogens (tertiary/aromatic N) is 4. The summed E-state index contributed by atoms with van der Waals surface area (Å²) in [6, 6.07) is 16.6. The Hall–Kier alpha value is -3.93. The number of benzene rings is 2. The summed E-state index contributed by atoms with van der Waals surface area (Å²) in [5, 5.41) is 12.4. The molecule has 156 valence electrons. The van der Waals surface area contributed by atoms with Crippen molar-refractivity contribution in [3.05, 3.63) is 86.6 Å². The number of rotatable bonds is 4. The fourth-order valence-corrected chi connectivity index (χ4v) is 4.41. The molecule has 0 unspecified atom stereocenters. The highest BCUT2D eigenvalue weighted by atomic mass is 35.5. The number of anilines is 1. The zero-order valence-corrected chi connectivity index (χ0v) is 18.0. The van der Waals surface area contributed by atoms with E-state index in [1.165, 1.54) is 11.3 Å². The van der Waals surface area contributed by atoms with Gasteiger partial charge in [-0.3, -0.25) is 9.20 Å². The number of nitrogen functional groups attached to an aromatic ring is 1. The molecule has 3 aromatic heterocycles. The van der Waals surface area contributed by atoms with E-state index in [1.807, 2.05) is 29.6 Å². The van der Waals surface area contributed by atoms with Crippen LogP contribution in [0.25, 0.3) is 27.1 Å². The highest BCUT2D eigenvalue weighted by Crippen LogP contribution is 2.33. The topological polar surface area (TPSA) is 106 Å². The maximum atomic E-state index is 12.9. The van der Waals surface area contributed by atoms with Crippen molar-refractivity contribution >= 4 is 44.7 Å². The van der Waals surface area contributed by atoms with Gasteiger partial charge in [-0.15, -0.1) is 11.3 Å². The molecule has 0 radical (unpaired) electrons. The lowest BCUT2D eigenvalue weighted by atomic mass is 9.98. The van der Waals surface area contributed by atoms with Crippen LogP contribution in [-0.2, 0) is 6.61 Å². The minimum atomic E-state index is -0.458. The highest BCUT2D eigenvalue weighted by molar-refractivity contribution is 7.15. The minimum absolute atomic E-state index is 0.0552. The van der Waals surface area contributed by atoms with Crippen LogP contribution in [0.15, 0.2) is 64.9 Å². The Morgan fingerprint density at radius 2 is 1.94 bits per heavy atom. The number of hydrogen-bond acceptors (Lipinski definition) is 7. The van der Waals surface area contributed by atoms with Crippen LogP contribution >= 0.6 is 22.9 Å². The third-order valence-corrected chi connectivity index (χ3v) is 6.17. The summed E-state index contributed by atoms with van der Waals surface area (Å²) >= 11 is 7.50. The van der Waals surface area contributed by atoms with Gasteiger partial charge in [0, 0.05) is 27.7 Å². The van der Waals surface area contributed by atoms with Gasteiger partial charge in [0.1, 0.15) is 29.8 Å². The summed E-state index contributed by atoms with van der Waals surface area (Å²) in [6.45, 7) is 0.314. The summed E-state index contributed by atoms with van der Waals surface area (Å²) in [5.41, 5.74) is 8.06. The van der Waals surface area contributed by atoms with Crippen LogP contribution in [-0.4, -0.2) is 14.4 Å². The first-order valence-corrected chi connectivity index (χ1v) is 10.8. The van der Waals surface area contributed by atoms with Crippen molar-refractivity contribution in [1.82, 2.24) is 14.4 Å². The molecule has 0 aliphatic heterocycles. The molecule has 2 N–H and O–H groups in total. The summed E-state index contributed by atoms with van der Waals surface area (Å²) < 4.78 is 7.54. The van der Waals surface area contributed by atoms with Gasteiger partial charge in [-0.25, -0.2) is 4.98 Å². The van der Waals surface area contributed by atoms with Crippen molar-refractivity contribution in [2.75, 3.05) is 5.73 Å². The van der Waals surface area contributed by atoms with E-state index in [4.69, 9.17) is 22.1 Å². The average Bonchev–Trinajstić information content (AvgIpc) is 3.27. The zero-order valence-electron chi connectivity index (χ0n) is 16.4. The lowest BCUT2D eigenvalue weighted by molar-refractivity contribution is 0.306. The number of halogens is 1. The summed E-state index contributed by atoms with van der Waals surface area (Å²) in [5.74, 6) is 0.674. The van der Waals surface area contributed by atoms with E-state index >= 15 is 0 Å². The monoisotopic (exact) mass is 459 g/mol. The average molecular weight is 460 g/mol. The molecule has 9 heteroatoms. The molecule has 0 bridgehead atoms. The fraction of sp³-hybridized carbons (Fsp3) is 0.0435. The molecule has 3 heterocycles. The van der Waals surface area contributed by atoms with Gasteiger partial charge in [-0.05, 0) is 23.8 Å². The summed E-state index contributed by atoms with van der Waals surface area (Å²) in [4.78, 5) is 21.9. The van der Waals surface area contributed by atoms with Gasteiger partial charge in [0.05, 0.1) is 5.39 Å². The van der Waals surface area contributed by atoms with Gasteiger partial charge in [-0.2, -0.15) is 10.2 Å². The minimum Gasteiger partial charge on any atom is -0.489 e. The number of nitriles is 1. The molecule has 0 fully saturated rings. The molecular formula is C23H14ClN5O2S. The number of pyridine rings is 1. The molecule has 0 saturated heterocycles. The van der Waals surface area contributed by atoms with Crippen molar-refractivity contribution < 1.29 is 4.74 Å². The van der Waals surface area contributed by atoms with E-state index in [0.29, 0.717) is 39.1 Å².